The normalized spacial score (nSPS) is 18.4. The molecular formula is C20H26N2O9. The van der Waals surface area contributed by atoms with Crippen LogP contribution in [0.15, 0.2) is 47.1 Å². The van der Waals surface area contributed by atoms with Crippen LogP contribution in [0.5, 0.6) is 0 Å². The Labute approximate surface area is 178 Å². The van der Waals surface area contributed by atoms with Crippen molar-refractivity contribution in [2.75, 3.05) is 34.4 Å². The molecule has 31 heavy (non-hydrogen) atoms. The predicted octanol–water partition coefficient (Wildman–Crippen LogP) is 0.443. The number of fused-ring (bicyclic) bond motifs is 2. The number of carboxylic acid groups (broad SMARTS) is 2. The molecule has 11 nitrogen and oxygen atoms in total. The van der Waals surface area contributed by atoms with Crippen molar-refractivity contribution in [3.63, 3.8) is 0 Å². The second-order valence-electron chi connectivity index (χ2n) is 6.06. The summed E-state index contributed by atoms with van der Waals surface area (Å²) >= 11 is 0. The molecule has 0 radical (unpaired) electrons. The third kappa shape index (κ3) is 6.28. The van der Waals surface area contributed by atoms with Gasteiger partial charge in [-0.05, 0) is 16.7 Å². The molecule has 2 atom stereocenters. The SMILES string of the molecule is CNC(=O)O.CNC(=O)O.COC(=O)C1=C(c2ccccc2)C2OC1C(CO)=C2CO. The molecule has 3 rings (SSSR count). The molecule has 0 aliphatic carbocycles. The monoisotopic (exact) mass is 438 g/mol. The lowest BCUT2D eigenvalue weighted by Crippen LogP contribution is -2.23. The van der Waals surface area contributed by atoms with Crippen molar-refractivity contribution >= 4 is 23.7 Å². The summed E-state index contributed by atoms with van der Waals surface area (Å²) in [6.07, 6.45) is -3.13. The van der Waals surface area contributed by atoms with E-state index in [2.05, 4.69) is 0 Å². The van der Waals surface area contributed by atoms with E-state index in [1.54, 1.807) is 0 Å². The Kier molecular flexibility index (Phi) is 10.2. The fourth-order valence-corrected chi connectivity index (χ4v) is 3.02. The van der Waals surface area contributed by atoms with Crippen molar-refractivity contribution in [1.82, 2.24) is 10.6 Å². The Balaban J connectivity index is 0.000000404. The van der Waals surface area contributed by atoms with Gasteiger partial charge in [0.1, 0.15) is 12.2 Å². The molecule has 6 N–H and O–H groups in total. The predicted molar refractivity (Wildman–Crippen MR) is 109 cm³/mol. The molecule has 2 aliphatic rings. The number of amides is 2. The van der Waals surface area contributed by atoms with E-state index in [1.807, 2.05) is 41.0 Å². The molecule has 2 aliphatic heterocycles. The summed E-state index contributed by atoms with van der Waals surface area (Å²) in [5.74, 6) is -0.468. The average Bonchev–Trinajstić information content (AvgIpc) is 3.35. The lowest BCUT2D eigenvalue weighted by Gasteiger charge is -2.20. The van der Waals surface area contributed by atoms with E-state index < -0.39 is 30.4 Å². The van der Waals surface area contributed by atoms with Gasteiger partial charge in [0.25, 0.3) is 0 Å². The average molecular weight is 438 g/mol. The highest BCUT2D eigenvalue weighted by molar-refractivity contribution is 6.03. The van der Waals surface area contributed by atoms with Gasteiger partial charge in [-0.15, -0.1) is 0 Å². The molecule has 1 aromatic carbocycles. The molecule has 0 saturated heterocycles. The number of benzene rings is 1. The molecule has 2 bridgehead atoms. The van der Waals surface area contributed by atoms with Gasteiger partial charge in [-0.2, -0.15) is 0 Å². The Morgan fingerprint density at radius 3 is 1.77 bits per heavy atom. The Bertz CT molecular complexity index is 835. The number of esters is 1. The second-order valence-corrected chi connectivity index (χ2v) is 6.06. The van der Waals surface area contributed by atoms with Crippen LogP contribution in [0.1, 0.15) is 5.56 Å². The van der Waals surface area contributed by atoms with E-state index in [4.69, 9.17) is 19.7 Å². The maximum absolute atomic E-state index is 12.1. The van der Waals surface area contributed by atoms with E-state index in [-0.39, 0.29) is 13.2 Å². The Morgan fingerprint density at radius 2 is 1.39 bits per heavy atom. The summed E-state index contributed by atoms with van der Waals surface area (Å²) in [4.78, 5) is 30.6. The first-order valence-corrected chi connectivity index (χ1v) is 9.05. The van der Waals surface area contributed by atoms with Gasteiger partial charge >= 0.3 is 18.2 Å². The smallest absolute Gasteiger partial charge is 0.404 e. The minimum atomic E-state index is -0.995. The third-order valence-electron chi connectivity index (χ3n) is 4.39. The van der Waals surface area contributed by atoms with Crippen LogP contribution < -0.4 is 10.6 Å². The Hall–Kier alpha value is -3.41. The van der Waals surface area contributed by atoms with Crippen molar-refractivity contribution in [3.05, 3.63) is 52.6 Å². The van der Waals surface area contributed by atoms with Crippen molar-refractivity contribution in [2.24, 2.45) is 0 Å². The van der Waals surface area contributed by atoms with E-state index in [1.165, 1.54) is 21.2 Å². The minimum Gasteiger partial charge on any atom is -0.466 e. The number of nitrogens with one attached hydrogen (secondary N) is 2. The summed E-state index contributed by atoms with van der Waals surface area (Å²) in [5, 5.41) is 38.2. The van der Waals surface area contributed by atoms with Crippen molar-refractivity contribution in [3.8, 4) is 0 Å². The van der Waals surface area contributed by atoms with Gasteiger partial charge in [0.15, 0.2) is 0 Å². The summed E-state index contributed by atoms with van der Waals surface area (Å²) in [6.45, 7) is -0.457. The van der Waals surface area contributed by atoms with Gasteiger partial charge < -0.3 is 40.5 Å². The maximum Gasteiger partial charge on any atom is 0.404 e. The molecule has 0 saturated carbocycles. The van der Waals surface area contributed by atoms with Crippen LogP contribution >= 0.6 is 0 Å². The minimum absolute atomic E-state index is 0.207. The van der Waals surface area contributed by atoms with E-state index >= 15 is 0 Å². The fourth-order valence-electron chi connectivity index (χ4n) is 3.02. The number of methoxy groups -OCH3 is 1. The van der Waals surface area contributed by atoms with Gasteiger partial charge in [-0.3, -0.25) is 0 Å². The van der Waals surface area contributed by atoms with Crippen LogP contribution in [0, 0.1) is 0 Å². The van der Waals surface area contributed by atoms with Gasteiger partial charge in [0.05, 0.1) is 25.9 Å². The topological polar surface area (TPSA) is 175 Å². The van der Waals surface area contributed by atoms with Gasteiger partial charge in [-0.1, -0.05) is 30.3 Å². The number of carbonyl (C=O) groups is 3. The Morgan fingerprint density at radius 1 is 0.935 bits per heavy atom. The molecule has 11 heteroatoms. The van der Waals surface area contributed by atoms with Crippen LogP contribution in [-0.4, -0.2) is 85.2 Å². The van der Waals surface area contributed by atoms with E-state index in [0.29, 0.717) is 22.3 Å². The van der Waals surface area contributed by atoms with Crippen LogP contribution in [0.3, 0.4) is 0 Å². The number of hydrogen-bond donors (Lipinski definition) is 6. The fraction of sp³-hybridized carbons (Fsp3) is 0.350. The van der Waals surface area contributed by atoms with Gasteiger partial charge in [0, 0.05) is 19.7 Å². The first-order valence-electron chi connectivity index (χ1n) is 9.05. The van der Waals surface area contributed by atoms with Crippen LogP contribution in [-0.2, 0) is 14.3 Å². The molecule has 2 unspecified atom stereocenters. The molecule has 170 valence electrons. The highest BCUT2D eigenvalue weighted by Crippen LogP contribution is 2.47. The number of ether oxygens (including phenoxy) is 2. The number of hydrogen-bond acceptors (Lipinski definition) is 7. The zero-order valence-corrected chi connectivity index (χ0v) is 17.3. The number of aliphatic hydroxyl groups is 2. The third-order valence-corrected chi connectivity index (χ3v) is 4.39. The molecule has 0 aromatic heterocycles. The summed E-state index contributed by atoms with van der Waals surface area (Å²) in [5.41, 5.74) is 3.17. The zero-order chi connectivity index (χ0) is 23.6. The summed E-state index contributed by atoms with van der Waals surface area (Å²) < 4.78 is 10.7. The van der Waals surface area contributed by atoms with Crippen molar-refractivity contribution < 1.29 is 44.3 Å². The van der Waals surface area contributed by atoms with Crippen molar-refractivity contribution in [1.29, 1.82) is 0 Å². The first kappa shape index (κ1) is 25.6. The van der Waals surface area contributed by atoms with E-state index in [0.717, 1.165) is 5.56 Å². The number of carbonyl (C=O) groups excluding carboxylic acids is 1. The number of aliphatic hydroxyl groups excluding tert-OH is 2. The van der Waals surface area contributed by atoms with E-state index in [9.17, 15) is 24.6 Å². The summed E-state index contributed by atoms with van der Waals surface area (Å²) in [7, 11) is 4.02. The zero-order valence-electron chi connectivity index (χ0n) is 17.3. The number of rotatable bonds is 4. The van der Waals surface area contributed by atoms with Crippen molar-refractivity contribution in [2.45, 2.75) is 12.2 Å². The highest BCUT2D eigenvalue weighted by Gasteiger charge is 2.48. The first-order chi connectivity index (χ1) is 14.8. The quantitative estimate of drug-likeness (QED) is 0.288. The van der Waals surface area contributed by atoms with Crippen LogP contribution in [0.25, 0.3) is 5.57 Å². The highest BCUT2D eigenvalue weighted by atomic mass is 16.5. The maximum atomic E-state index is 12.1. The molecule has 2 amide bonds. The lowest BCUT2D eigenvalue weighted by molar-refractivity contribution is -0.136. The van der Waals surface area contributed by atoms with Gasteiger partial charge in [0.2, 0.25) is 0 Å². The van der Waals surface area contributed by atoms with Gasteiger partial charge in [-0.25, -0.2) is 14.4 Å². The lowest BCUT2D eigenvalue weighted by atomic mass is 9.83. The standard InChI is InChI=1S/C16H16O5.2C2H5NO2/c1-20-16(19)13-12(9-5-3-2-4-6-9)14-10(7-17)11(8-18)15(13)21-14;2*1-3-2(4)5/h2-6,14-15,17-18H,7-8H2,1H3;2*3H,1H3,(H,4,5). The summed E-state index contributed by atoms with van der Waals surface area (Å²) in [6, 6.07) is 9.40. The second kappa shape index (κ2) is 12.3. The molecule has 0 fully saturated rings. The van der Waals surface area contributed by atoms with Crippen LogP contribution in [0.2, 0.25) is 0 Å². The molecule has 2 heterocycles. The molecular weight excluding hydrogens is 412 g/mol. The molecule has 1 aromatic rings. The molecule has 0 spiro atoms. The largest absolute Gasteiger partial charge is 0.466 e. The van der Waals surface area contributed by atoms with Crippen LogP contribution in [0.4, 0.5) is 9.59 Å².